The van der Waals surface area contributed by atoms with Crippen LogP contribution in [0.25, 0.3) is 0 Å². The van der Waals surface area contributed by atoms with Gasteiger partial charge < -0.3 is 5.32 Å². The van der Waals surface area contributed by atoms with Crippen molar-refractivity contribution < 1.29 is 31.1 Å². The number of nitrogens with zero attached hydrogens (tertiary/aromatic N) is 1. The molecule has 0 spiro atoms. The van der Waals surface area contributed by atoms with Crippen molar-refractivity contribution in [1.82, 2.24) is 10.3 Å². The van der Waals surface area contributed by atoms with E-state index in [0.717, 1.165) is 36.4 Å². The van der Waals surface area contributed by atoms with Gasteiger partial charge in [0.25, 0.3) is 5.91 Å². The summed E-state index contributed by atoms with van der Waals surface area (Å²) in [5.74, 6) is -0.764. The van der Waals surface area contributed by atoms with E-state index in [0.29, 0.717) is 5.56 Å². The van der Waals surface area contributed by atoms with Crippen LogP contribution in [0.1, 0.15) is 38.2 Å². The first-order chi connectivity index (χ1) is 17.9. The molecule has 1 heterocycles. The molecule has 0 unspecified atom stereocenters. The van der Waals surface area contributed by atoms with Gasteiger partial charge in [-0.25, -0.2) is 4.98 Å². The predicted molar refractivity (Wildman–Crippen MR) is 131 cm³/mol. The van der Waals surface area contributed by atoms with Crippen LogP contribution in [0.3, 0.4) is 0 Å². The summed E-state index contributed by atoms with van der Waals surface area (Å²) in [6.07, 6.45) is -8.35. The van der Waals surface area contributed by atoms with Crippen molar-refractivity contribution in [3.05, 3.63) is 136 Å². The lowest BCUT2D eigenvalue weighted by Crippen LogP contribution is -2.49. The lowest BCUT2D eigenvalue weighted by Gasteiger charge is -2.37. The van der Waals surface area contributed by atoms with E-state index in [-0.39, 0.29) is 28.3 Å². The average Bonchev–Trinajstić information content (AvgIpc) is 2.88. The number of carbonyl (C=O) groups is 1. The molecule has 4 aromatic rings. The predicted octanol–water partition coefficient (Wildman–Crippen LogP) is 7.69. The fraction of sp³-hybridized carbons (Fsp3) is 0.143. The summed E-state index contributed by atoms with van der Waals surface area (Å²) in [6, 6.07) is 19.4. The number of alkyl halides is 6. The number of carbonyl (C=O) groups excluding carboxylic acids is 1. The molecule has 38 heavy (non-hydrogen) atoms. The Morgan fingerprint density at radius 2 is 1.24 bits per heavy atom. The standard InChI is InChI=1S/C28H19ClF6N2O/c29-24-14-19(12-13-36-24)25(38)37-26(17-18-6-2-1-3-7-18,20-8-4-10-22(15-20)27(30,31)32)21-9-5-11-23(16-21)28(33,34)35/h1-16H,17H2,(H,37,38). The van der Waals surface area contributed by atoms with Crippen molar-refractivity contribution in [2.24, 2.45) is 0 Å². The van der Waals surface area contributed by atoms with Crippen LogP contribution >= 0.6 is 11.6 Å². The van der Waals surface area contributed by atoms with Crippen LogP contribution in [-0.2, 0) is 24.3 Å². The van der Waals surface area contributed by atoms with E-state index in [1.807, 2.05) is 0 Å². The Hall–Kier alpha value is -3.85. The third-order valence-electron chi connectivity index (χ3n) is 5.99. The van der Waals surface area contributed by atoms with Gasteiger partial charge >= 0.3 is 12.4 Å². The largest absolute Gasteiger partial charge is 0.416 e. The third kappa shape index (κ3) is 5.99. The van der Waals surface area contributed by atoms with Gasteiger partial charge in [0, 0.05) is 18.2 Å². The topological polar surface area (TPSA) is 42.0 Å². The number of amides is 1. The maximum atomic E-state index is 13.7. The van der Waals surface area contributed by atoms with E-state index in [1.54, 1.807) is 30.3 Å². The van der Waals surface area contributed by atoms with Gasteiger partial charge in [0.1, 0.15) is 5.15 Å². The molecular weight excluding hydrogens is 530 g/mol. The Morgan fingerprint density at radius 1 is 0.711 bits per heavy atom. The summed E-state index contributed by atoms with van der Waals surface area (Å²) in [5, 5.41) is 2.74. The molecule has 4 rings (SSSR count). The van der Waals surface area contributed by atoms with Crippen molar-refractivity contribution in [3.63, 3.8) is 0 Å². The fourth-order valence-electron chi connectivity index (χ4n) is 4.19. The van der Waals surface area contributed by atoms with Crippen molar-refractivity contribution in [1.29, 1.82) is 0 Å². The molecule has 0 aliphatic heterocycles. The second kappa shape index (κ2) is 10.5. The number of hydrogen-bond acceptors (Lipinski definition) is 2. The normalized spacial score (nSPS) is 12.3. The summed E-state index contributed by atoms with van der Waals surface area (Å²) in [4.78, 5) is 17.3. The molecule has 0 saturated carbocycles. The number of benzene rings is 3. The molecule has 3 nitrogen and oxygen atoms in total. The number of halogens is 7. The third-order valence-corrected chi connectivity index (χ3v) is 6.20. The zero-order valence-electron chi connectivity index (χ0n) is 19.4. The number of rotatable bonds is 6. The summed E-state index contributed by atoms with van der Waals surface area (Å²) in [7, 11) is 0. The first-order valence-electron chi connectivity index (χ1n) is 11.2. The maximum Gasteiger partial charge on any atom is 0.416 e. The molecule has 0 aliphatic carbocycles. The second-order valence-electron chi connectivity index (χ2n) is 8.55. The van der Waals surface area contributed by atoms with Crippen LogP contribution in [0.4, 0.5) is 26.3 Å². The number of aromatic nitrogens is 1. The van der Waals surface area contributed by atoms with Gasteiger partial charge in [-0.05, 0) is 53.1 Å². The van der Waals surface area contributed by atoms with E-state index in [9.17, 15) is 31.1 Å². The Balaban J connectivity index is 2.00. The van der Waals surface area contributed by atoms with Gasteiger partial charge in [-0.3, -0.25) is 4.79 Å². The minimum absolute atomic E-state index is 0.00977. The molecule has 196 valence electrons. The summed E-state index contributed by atoms with van der Waals surface area (Å²) in [5.41, 5.74) is -3.37. The molecule has 1 aromatic heterocycles. The van der Waals surface area contributed by atoms with Crippen LogP contribution in [0.2, 0.25) is 5.15 Å². The SMILES string of the molecule is O=C(NC(Cc1ccccc1)(c1cccc(C(F)(F)F)c1)c1cccc(C(F)(F)F)c1)c1ccnc(Cl)c1. The van der Waals surface area contributed by atoms with Gasteiger partial charge in [0.2, 0.25) is 0 Å². The summed E-state index contributed by atoms with van der Waals surface area (Å²) >= 11 is 5.92. The minimum atomic E-state index is -4.73. The number of pyridine rings is 1. The zero-order valence-corrected chi connectivity index (χ0v) is 20.2. The van der Waals surface area contributed by atoms with Crippen molar-refractivity contribution >= 4 is 17.5 Å². The van der Waals surface area contributed by atoms with E-state index in [1.165, 1.54) is 30.5 Å². The Morgan fingerprint density at radius 3 is 1.74 bits per heavy atom. The molecule has 10 heteroatoms. The lowest BCUT2D eigenvalue weighted by molar-refractivity contribution is -0.138. The van der Waals surface area contributed by atoms with Crippen LogP contribution in [0.5, 0.6) is 0 Å². The molecule has 0 radical (unpaired) electrons. The van der Waals surface area contributed by atoms with Crippen LogP contribution in [0.15, 0.2) is 97.2 Å². The Bertz CT molecular complexity index is 1380. The van der Waals surface area contributed by atoms with Crippen molar-refractivity contribution in [2.75, 3.05) is 0 Å². The highest BCUT2D eigenvalue weighted by molar-refractivity contribution is 6.29. The van der Waals surface area contributed by atoms with Crippen molar-refractivity contribution in [2.45, 2.75) is 24.3 Å². The lowest BCUT2D eigenvalue weighted by atomic mass is 9.76. The van der Waals surface area contributed by atoms with E-state index < -0.39 is 34.9 Å². The average molecular weight is 549 g/mol. The fourth-order valence-corrected chi connectivity index (χ4v) is 4.37. The van der Waals surface area contributed by atoms with Crippen LogP contribution in [0, 0.1) is 0 Å². The monoisotopic (exact) mass is 548 g/mol. The quantitative estimate of drug-likeness (QED) is 0.198. The van der Waals surface area contributed by atoms with Gasteiger partial charge in [0.05, 0.1) is 16.7 Å². The molecule has 0 bridgehead atoms. The Kier molecular flexibility index (Phi) is 7.51. The summed E-state index contributed by atoms with van der Waals surface area (Å²) in [6.45, 7) is 0. The van der Waals surface area contributed by atoms with Crippen LogP contribution in [-0.4, -0.2) is 10.9 Å². The Labute approximate surface area is 219 Å². The molecule has 3 aromatic carbocycles. The van der Waals surface area contributed by atoms with E-state index in [4.69, 9.17) is 11.6 Å². The molecule has 0 saturated heterocycles. The highest BCUT2D eigenvalue weighted by atomic mass is 35.5. The van der Waals surface area contributed by atoms with Crippen molar-refractivity contribution in [3.8, 4) is 0 Å². The molecule has 0 fully saturated rings. The minimum Gasteiger partial charge on any atom is -0.338 e. The first kappa shape index (κ1) is 27.2. The van der Waals surface area contributed by atoms with Gasteiger partial charge in [-0.15, -0.1) is 0 Å². The first-order valence-corrected chi connectivity index (χ1v) is 11.6. The molecule has 1 N–H and O–H groups in total. The molecule has 0 atom stereocenters. The number of hydrogen-bond donors (Lipinski definition) is 1. The second-order valence-corrected chi connectivity index (χ2v) is 8.93. The summed E-state index contributed by atoms with van der Waals surface area (Å²) < 4.78 is 82.3. The number of nitrogens with one attached hydrogen (secondary N) is 1. The highest BCUT2D eigenvalue weighted by Crippen LogP contribution is 2.40. The van der Waals surface area contributed by atoms with E-state index >= 15 is 0 Å². The van der Waals surface area contributed by atoms with Crippen LogP contribution < -0.4 is 5.32 Å². The van der Waals surface area contributed by atoms with E-state index in [2.05, 4.69) is 10.3 Å². The molecular formula is C28H19ClF6N2O. The van der Waals surface area contributed by atoms with Gasteiger partial charge in [-0.1, -0.05) is 66.2 Å². The van der Waals surface area contributed by atoms with Gasteiger partial charge in [-0.2, -0.15) is 26.3 Å². The maximum absolute atomic E-state index is 13.7. The highest BCUT2D eigenvalue weighted by Gasteiger charge is 2.41. The smallest absolute Gasteiger partial charge is 0.338 e. The zero-order chi connectivity index (χ0) is 27.6. The van der Waals surface area contributed by atoms with Gasteiger partial charge in [0.15, 0.2) is 0 Å². The molecule has 0 aliphatic rings. The molecule has 1 amide bonds.